The third-order valence-electron chi connectivity index (χ3n) is 3.51. The number of anilines is 2. The average Bonchev–Trinajstić information content (AvgIpc) is 2.53. The van der Waals surface area contributed by atoms with Crippen molar-refractivity contribution >= 4 is 33.0 Å². The van der Waals surface area contributed by atoms with Gasteiger partial charge in [-0.15, -0.1) is 0 Å². The molecule has 0 radical (unpaired) electrons. The van der Waals surface area contributed by atoms with E-state index in [0.29, 0.717) is 41.1 Å². The summed E-state index contributed by atoms with van der Waals surface area (Å²) < 4.78 is 38.8. The van der Waals surface area contributed by atoms with Gasteiger partial charge in [-0.3, -0.25) is 4.72 Å². The number of hydrogen-bond acceptors (Lipinski definition) is 5. The van der Waals surface area contributed by atoms with Crippen molar-refractivity contribution in [3.63, 3.8) is 0 Å². The fraction of sp³-hybridized carbons (Fsp3) is 0.250. The zero-order valence-electron chi connectivity index (χ0n) is 13.2. The standard InChI is InChI=1S/C16H17ClN2O4S/c1-19(2)14-5-3-11(17)9-13(14)18-24(20,21)12-4-6-15-16(10-12)23-8-7-22-15/h3-6,9-10,18H,7-8H2,1-2H3. The van der Waals surface area contributed by atoms with E-state index in [-0.39, 0.29) is 4.90 Å². The third-order valence-corrected chi connectivity index (χ3v) is 5.11. The van der Waals surface area contributed by atoms with Crippen LogP contribution in [0.4, 0.5) is 11.4 Å². The van der Waals surface area contributed by atoms with Crippen LogP contribution >= 0.6 is 11.6 Å². The van der Waals surface area contributed by atoms with Gasteiger partial charge < -0.3 is 14.4 Å². The van der Waals surface area contributed by atoms with Crippen LogP contribution in [0, 0.1) is 0 Å². The second-order valence-electron chi connectivity index (χ2n) is 5.47. The molecule has 0 bridgehead atoms. The van der Waals surface area contributed by atoms with Gasteiger partial charge in [-0.25, -0.2) is 8.42 Å². The topological polar surface area (TPSA) is 67.9 Å². The van der Waals surface area contributed by atoms with Crippen LogP contribution in [0.15, 0.2) is 41.3 Å². The number of halogens is 1. The van der Waals surface area contributed by atoms with E-state index in [9.17, 15) is 8.42 Å². The van der Waals surface area contributed by atoms with Crippen molar-refractivity contribution in [3.8, 4) is 11.5 Å². The first-order valence-electron chi connectivity index (χ1n) is 7.26. The number of nitrogens with zero attached hydrogens (tertiary/aromatic N) is 1. The predicted molar refractivity (Wildman–Crippen MR) is 94.0 cm³/mol. The number of rotatable bonds is 4. The monoisotopic (exact) mass is 368 g/mol. The molecule has 24 heavy (non-hydrogen) atoms. The van der Waals surface area contributed by atoms with Crippen molar-refractivity contribution in [2.24, 2.45) is 0 Å². The van der Waals surface area contributed by atoms with Crippen molar-refractivity contribution in [1.82, 2.24) is 0 Å². The maximum absolute atomic E-state index is 12.7. The molecule has 1 heterocycles. The lowest BCUT2D eigenvalue weighted by atomic mass is 10.2. The molecule has 2 aromatic rings. The van der Waals surface area contributed by atoms with Gasteiger partial charge in [0.2, 0.25) is 0 Å². The Balaban J connectivity index is 1.96. The first-order valence-corrected chi connectivity index (χ1v) is 9.12. The summed E-state index contributed by atoms with van der Waals surface area (Å²) in [5, 5.41) is 0.445. The molecule has 0 aromatic heterocycles. The Morgan fingerprint density at radius 2 is 1.75 bits per heavy atom. The molecule has 0 saturated heterocycles. The minimum Gasteiger partial charge on any atom is -0.486 e. The molecule has 0 amide bonds. The van der Waals surface area contributed by atoms with Crippen LogP contribution in [0.1, 0.15) is 0 Å². The van der Waals surface area contributed by atoms with Gasteiger partial charge in [0, 0.05) is 25.2 Å². The largest absolute Gasteiger partial charge is 0.486 e. The lowest BCUT2D eigenvalue weighted by Gasteiger charge is -2.20. The SMILES string of the molecule is CN(C)c1ccc(Cl)cc1NS(=O)(=O)c1ccc2c(c1)OCCO2. The highest BCUT2D eigenvalue weighted by Gasteiger charge is 2.21. The first kappa shape index (κ1) is 16.7. The Labute approximate surface area is 146 Å². The quantitative estimate of drug-likeness (QED) is 0.898. The summed E-state index contributed by atoms with van der Waals surface area (Å²) in [4.78, 5) is 1.90. The highest BCUT2D eigenvalue weighted by Crippen LogP contribution is 2.34. The van der Waals surface area contributed by atoms with Crippen LogP contribution in [0.3, 0.4) is 0 Å². The average molecular weight is 369 g/mol. The van der Waals surface area contributed by atoms with E-state index in [0.717, 1.165) is 0 Å². The minimum absolute atomic E-state index is 0.0939. The van der Waals surface area contributed by atoms with E-state index in [1.807, 2.05) is 14.1 Å². The molecule has 2 aromatic carbocycles. The lowest BCUT2D eigenvalue weighted by Crippen LogP contribution is -2.19. The fourth-order valence-electron chi connectivity index (χ4n) is 2.37. The number of hydrogen-bond donors (Lipinski definition) is 1. The molecule has 3 rings (SSSR count). The van der Waals surface area contributed by atoms with Gasteiger partial charge in [-0.1, -0.05) is 11.6 Å². The van der Waals surface area contributed by atoms with Crippen LogP contribution in [0.2, 0.25) is 5.02 Å². The van der Waals surface area contributed by atoms with Crippen molar-refractivity contribution < 1.29 is 17.9 Å². The van der Waals surface area contributed by atoms with Crippen molar-refractivity contribution in [3.05, 3.63) is 41.4 Å². The fourth-order valence-corrected chi connectivity index (χ4v) is 3.63. The predicted octanol–water partition coefficient (Wildman–Crippen LogP) is 2.98. The maximum Gasteiger partial charge on any atom is 0.262 e. The number of sulfonamides is 1. The second kappa shape index (κ2) is 6.41. The van der Waals surface area contributed by atoms with Crippen LogP contribution in [-0.4, -0.2) is 35.7 Å². The van der Waals surface area contributed by atoms with Gasteiger partial charge in [0.05, 0.1) is 16.3 Å². The molecule has 6 nitrogen and oxygen atoms in total. The molecule has 1 aliphatic rings. The van der Waals surface area contributed by atoms with Gasteiger partial charge in [-0.05, 0) is 30.3 Å². The lowest BCUT2D eigenvalue weighted by molar-refractivity contribution is 0.171. The number of ether oxygens (including phenoxy) is 2. The highest BCUT2D eigenvalue weighted by atomic mass is 35.5. The molecule has 1 aliphatic heterocycles. The smallest absolute Gasteiger partial charge is 0.262 e. The molecule has 0 atom stereocenters. The Morgan fingerprint density at radius 3 is 2.46 bits per heavy atom. The first-order chi connectivity index (χ1) is 11.4. The van der Waals surface area contributed by atoms with Crippen LogP contribution in [-0.2, 0) is 10.0 Å². The Hall–Kier alpha value is -2.12. The number of benzene rings is 2. The molecule has 8 heteroatoms. The summed E-state index contributed by atoms with van der Waals surface area (Å²) in [7, 11) is -0.141. The number of fused-ring (bicyclic) bond motifs is 1. The normalized spacial score (nSPS) is 13.5. The summed E-state index contributed by atoms with van der Waals surface area (Å²) in [6.07, 6.45) is 0. The minimum atomic E-state index is -3.79. The maximum atomic E-state index is 12.7. The Kier molecular flexibility index (Phi) is 4.47. The summed E-state index contributed by atoms with van der Waals surface area (Å²) in [5.41, 5.74) is 1.11. The Morgan fingerprint density at radius 1 is 1.04 bits per heavy atom. The van der Waals surface area contributed by atoms with E-state index < -0.39 is 10.0 Å². The molecule has 0 fully saturated rings. The van der Waals surface area contributed by atoms with Gasteiger partial charge in [0.1, 0.15) is 13.2 Å². The van der Waals surface area contributed by atoms with Crippen molar-refractivity contribution in [2.75, 3.05) is 36.9 Å². The van der Waals surface area contributed by atoms with Gasteiger partial charge >= 0.3 is 0 Å². The van der Waals surface area contributed by atoms with E-state index in [2.05, 4.69) is 4.72 Å². The van der Waals surface area contributed by atoms with E-state index in [4.69, 9.17) is 21.1 Å². The molecule has 0 unspecified atom stereocenters. The number of nitrogens with one attached hydrogen (secondary N) is 1. The van der Waals surface area contributed by atoms with E-state index in [1.54, 1.807) is 29.2 Å². The Bertz CT molecular complexity index is 868. The molecule has 128 valence electrons. The van der Waals surface area contributed by atoms with Gasteiger partial charge in [0.25, 0.3) is 10.0 Å². The van der Waals surface area contributed by atoms with Gasteiger partial charge in [-0.2, -0.15) is 0 Å². The summed E-state index contributed by atoms with van der Waals surface area (Å²) >= 11 is 6.00. The van der Waals surface area contributed by atoms with Gasteiger partial charge in [0.15, 0.2) is 11.5 Å². The molecular weight excluding hydrogens is 352 g/mol. The van der Waals surface area contributed by atoms with Crippen LogP contribution in [0.25, 0.3) is 0 Å². The summed E-state index contributed by atoms with van der Waals surface area (Å²) in [5.74, 6) is 0.958. The van der Waals surface area contributed by atoms with Crippen LogP contribution in [0.5, 0.6) is 11.5 Å². The van der Waals surface area contributed by atoms with Crippen LogP contribution < -0.4 is 19.1 Å². The summed E-state index contributed by atoms with van der Waals surface area (Å²) in [6.45, 7) is 0.842. The van der Waals surface area contributed by atoms with Crippen molar-refractivity contribution in [1.29, 1.82) is 0 Å². The molecule has 0 aliphatic carbocycles. The zero-order chi connectivity index (χ0) is 17.3. The molecule has 0 spiro atoms. The summed E-state index contributed by atoms with van der Waals surface area (Å²) in [6, 6.07) is 9.57. The molecule has 0 saturated carbocycles. The molecular formula is C16H17ClN2O4S. The van der Waals surface area contributed by atoms with Crippen molar-refractivity contribution in [2.45, 2.75) is 4.90 Å². The second-order valence-corrected chi connectivity index (χ2v) is 7.59. The third kappa shape index (κ3) is 3.37. The zero-order valence-corrected chi connectivity index (χ0v) is 14.8. The highest BCUT2D eigenvalue weighted by molar-refractivity contribution is 7.92. The van der Waals surface area contributed by atoms with E-state index in [1.165, 1.54) is 12.1 Å². The molecule has 1 N–H and O–H groups in total. The van der Waals surface area contributed by atoms with E-state index >= 15 is 0 Å².